The van der Waals surface area contributed by atoms with Crippen molar-refractivity contribution in [2.75, 3.05) is 25.2 Å². The van der Waals surface area contributed by atoms with Gasteiger partial charge in [-0.25, -0.2) is 9.59 Å². The summed E-state index contributed by atoms with van der Waals surface area (Å²) in [7, 11) is 1.65. The Labute approximate surface area is 174 Å². The SMILES string of the molecule is CCCOC(=O)C(C(=O)OCCC)N(c1cc(C)c(OC)c(C)c1)C1CCCC1. The molecule has 162 valence electrons. The molecule has 1 aliphatic carbocycles. The zero-order chi connectivity index (χ0) is 21.4. The summed E-state index contributed by atoms with van der Waals surface area (Å²) in [4.78, 5) is 27.9. The number of esters is 2. The normalized spacial score (nSPS) is 14.1. The molecule has 0 spiro atoms. The molecule has 0 radical (unpaired) electrons. The van der Waals surface area contributed by atoms with Crippen molar-refractivity contribution in [3.63, 3.8) is 0 Å². The van der Waals surface area contributed by atoms with Crippen LogP contribution in [0.1, 0.15) is 63.5 Å². The van der Waals surface area contributed by atoms with Crippen LogP contribution < -0.4 is 9.64 Å². The van der Waals surface area contributed by atoms with Gasteiger partial charge in [0.05, 0.1) is 20.3 Å². The van der Waals surface area contributed by atoms with Crippen molar-refractivity contribution in [3.05, 3.63) is 23.3 Å². The van der Waals surface area contributed by atoms with E-state index < -0.39 is 18.0 Å². The Balaban J connectivity index is 2.50. The fraction of sp³-hybridized carbons (Fsp3) is 0.652. The largest absolute Gasteiger partial charge is 0.496 e. The number of ether oxygens (including phenoxy) is 3. The summed E-state index contributed by atoms with van der Waals surface area (Å²) < 4.78 is 16.3. The summed E-state index contributed by atoms with van der Waals surface area (Å²) in [5.41, 5.74) is 2.76. The molecule has 2 rings (SSSR count). The molecule has 0 aromatic heterocycles. The maximum absolute atomic E-state index is 13.0. The third-order valence-corrected chi connectivity index (χ3v) is 5.29. The lowest BCUT2D eigenvalue weighted by Gasteiger charge is -2.36. The number of anilines is 1. The van der Waals surface area contributed by atoms with Gasteiger partial charge in [0.2, 0.25) is 6.04 Å². The first-order valence-electron chi connectivity index (χ1n) is 10.7. The molecule has 0 amide bonds. The summed E-state index contributed by atoms with van der Waals surface area (Å²) in [6, 6.07) is 2.97. The lowest BCUT2D eigenvalue weighted by molar-refractivity contribution is -0.157. The van der Waals surface area contributed by atoms with Crippen LogP contribution >= 0.6 is 0 Å². The van der Waals surface area contributed by atoms with E-state index in [9.17, 15) is 9.59 Å². The van der Waals surface area contributed by atoms with Crippen LogP contribution in [0, 0.1) is 13.8 Å². The molecule has 1 aromatic carbocycles. The number of nitrogens with zero attached hydrogens (tertiary/aromatic N) is 1. The average molecular weight is 406 g/mol. The van der Waals surface area contributed by atoms with Crippen molar-refractivity contribution < 1.29 is 23.8 Å². The van der Waals surface area contributed by atoms with Crippen LogP contribution in [-0.4, -0.2) is 44.3 Å². The molecule has 6 nitrogen and oxygen atoms in total. The van der Waals surface area contributed by atoms with Gasteiger partial charge in [-0.1, -0.05) is 26.7 Å². The number of carbonyl (C=O) groups excluding carboxylic acids is 2. The van der Waals surface area contributed by atoms with Crippen molar-refractivity contribution >= 4 is 17.6 Å². The van der Waals surface area contributed by atoms with Crippen molar-refractivity contribution in [1.29, 1.82) is 0 Å². The second kappa shape index (κ2) is 11.1. The molecular formula is C23H35NO5. The molecule has 0 heterocycles. The average Bonchev–Trinajstić information content (AvgIpc) is 3.22. The predicted molar refractivity (Wildman–Crippen MR) is 113 cm³/mol. The highest BCUT2D eigenvalue weighted by molar-refractivity contribution is 6.02. The molecule has 0 bridgehead atoms. The fourth-order valence-corrected chi connectivity index (χ4v) is 4.04. The number of hydrogen-bond acceptors (Lipinski definition) is 6. The number of benzene rings is 1. The summed E-state index contributed by atoms with van der Waals surface area (Å²) in [6.45, 7) is 8.39. The number of carbonyl (C=O) groups is 2. The minimum absolute atomic E-state index is 0.0931. The summed E-state index contributed by atoms with van der Waals surface area (Å²) in [6.07, 6.45) is 5.43. The number of rotatable bonds is 10. The third-order valence-electron chi connectivity index (χ3n) is 5.29. The van der Waals surface area contributed by atoms with E-state index in [1.54, 1.807) is 7.11 Å². The maximum atomic E-state index is 13.0. The van der Waals surface area contributed by atoms with E-state index in [4.69, 9.17) is 14.2 Å². The van der Waals surface area contributed by atoms with E-state index in [0.717, 1.165) is 48.2 Å². The van der Waals surface area contributed by atoms with Gasteiger partial charge in [0.15, 0.2) is 0 Å². The second-order valence-electron chi connectivity index (χ2n) is 7.70. The Hall–Kier alpha value is -2.24. The standard InChI is InChI=1S/C23H35NO5/c1-6-12-28-22(25)20(23(26)29-13-7-2)24(18-10-8-9-11-18)19-14-16(3)21(27-5)17(4)15-19/h14-15,18,20H,6-13H2,1-5H3. The predicted octanol–water partition coefficient (Wildman–Crippen LogP) is 4.34. The van der Waals surface area contributed by atoms with E-state index in [1.807, 2.05) is 44.7 Å². The van der Waals surface area contributed by atoms with Crippen LogP contribution in [0.3, 0.4) is 0 Å². The molecule has 6 heteroatoms. The van der Waals surface area contributed by atoms with Crippen molar-refractivity contribution in [2.24, 2.45) is 0 Å². The van der Waals surface area contributed by atoms with Gasteiger partial charge in [0.1, 0.15) is 5.75 Å². The topological polar surface area (TPSA) is 65.1 Å². The van der Waals surface area contributed by atoms with Crippen LogP contribution in [0.4, 0.5) is 5.69 Å². The minimum Gasteiger partial charge on any atom is -0.496 e. The molecule has 0 N–H and O–H groups in total. The first kappa shape index (κ1) is 23.0. The Morgan fingerprint density at radius 3 is 1.90 bits per heavy atom. The minimum atomic E-state index is -1.09. The molecule has 29 heavy (non-hydrogen) atoms. The zero-order valence-electron chi connectivity index (χ0n) is 18.5. The van der Waals surface area contributed by atoms with E-state index >= 15 is 0 Å². The number of methoxy groups -OCH3 is 1. The smallest absolute Gasteiger partial charge is 0.340 e. The Morgan fingerprint density at radius 2 is 1.48 bits per heavy atom. The van der Waals surface area contributed by atoms with Gasteiger partial charge in [0, 0.05) is 11.7 Å². The highest BCUT2D eigenvalue weighted by Crippen LogP contribution is 2.35. The Morgan fingerprint density at radius 1 is 1.00 bits per heavy atom. The van der Waals surface area contributed by atoms with Crippen molar-refractivity contribution in [2.45, 2.75) is 78.3 Å². The van der Waals surface area contributed by atoms with E-state index in [2.05, 4.69) is 0 Å². The highest BCUT2D eigenvalue weighted by Gasteiger charge is 2.41. The summed E-state index contributed by atoms with van der Waals surface area (Å²) >= 11 is 0. The quantitative estimate of drug-likeness (QED) is 0.426. The molecule has 0 saturated heterocycles. The molecule has 1 aromatic rings. The maximum Gasteiger partial charge on any atom is 0.340 e. The van der Waals surface area contributed by atoms with E-state index in [-0.39, 0.29) is 19.3 Å². The molecular weight excluding hydrogens is 370 g/mol. The first-order valence-corrected chi connectivity index (χ1v) is 10.7. The van der Waals surface area contributed by atoms with Gasteiger partial charge >= 0.3 is 11.9 Å². The van der Waals surface area contributed by atoms with Crippen molar-refractivity contribution in [3.8, 4) is 5.75 Å². The molecule has 0 unspecified atom stereocenters. The summed E-state index contributed by atoms with van der Waals surface area (Å²) in [5, 5.41) is 0. The first-order chi connectivity index (χ1) is 13.9. The summed E-state index contributed by atoms with van der Waals surface area (Å²) in [5.74, 6) is -0.254. The lowest BCUT2D eigenvalue weighted by atomic mass is 10.0. The molecule has 1 saturated carbocycles. The lowest BCUT2D eigenvalue weighted by Crippen LogP contribution is -2.53. The second-order valence-corrected chi connectivity index (χ2v) is 7.70. The molecule has 0 atom stereocenters. The van der Waals surface area contributed by atoms with Gasteiger partial charge in [-0.2, -0.15) is 0 Å². The molecule has 0 aliphatic heterocycles. The zero-order valence-corrected chi connectivity index (χ0v) is 18.5. The Bertz CT molecular complexity index is 654. The van der Waals surface area contributed by atoms with E-state index in [1.165, 1.54) is 0 Å². The highest BCUT2D eigenvalue weighted by atomic mass is 16.6. The monoisotopic (exact) mass is 405 g/mol. The third kappa shape index (κ3) is 5.64. The van der Waals surface area contributed by atoms with Crippen molar-refractivity contribution in [1.82, 2.24) is 0 Å². The van der Waals surface area contributed by atoms with Crippen LogP contribution in [-0.2, 0) is 19.1 Å². The number of hydrogen-bond donors (Lipinski definition) is 0. The molecule has 1 aliphatic rings. The van der Waals surface area contributed by atoms with Crippen LogP contribution in [0.25, 0.3) is 0 Å². The Kier molecular flexibility index (Phi) is 8.80. The van der Waals surface area contributed by atoms with E-state index in [0.29, 0.717) is 12.8 Å². The van der Waals surface area contributed by atoms with Gasteiger partial charge in [0.25, 0.3) is 0 Å². The number of aryl methyl sites for hydroxylation is 2. The molecule has 1 fully saturated rings. The van der Waals surface area contributed by atoms with Gasteiger partial charge < -0.3 is 19.1 Å². The van der Waals surface area contributed by atoms with Crippen LogP contribution in [0.15, 0.2) is 12.1 Å². The van der Waals surface area contributed by atoms with Gasteiger partial charge in [-0.3, -0.25) is 0 Å². The fourth-order valence-electron chi connectivity index (χ4n) is 4.04. The van der Waals surface area contributed by atoms with Crippen LogP contribution in [0.5, 0.6) is 5.75 Å². The van der Waals surface area contributed by atoms with Gasteiger partial charge in [-0.05, 0) is 62.8 Å². The van der Waals surface area contributed by atoms with Crippen LogP contribution in [0.2, 0.25) is 0 Å². The van der Waals surface area contributed by atoms with Gasteiger partial charge in [-0.15, -0.1) is 0 Å².